The van der Waals surface area contributed by atoms with E-state index in [0.717, 1.165) is 30.2 Å². The summed E-state index contributed by atoms with van der Waals surface area (Å²) in [6.45, 7) is 4.17. The van der Waals surface area contributed by atoms with E-state index in [0.29, 0.717) is 41.7 Å². The third-order valence-electron chi connectivity index (χ3n) is 6.14. The molecule has 2 atom stereocenters. The Hall–Kier alpha value is -3.26. The topological polar surface area (TPSA) is 104 Å². The third kappa shape index (κ3) is 8.16. The first-order chi connectivity index (χ1) is 17.2. The minimum Gasteiger partial charge on any atom is -0.356 e. The van der Waals surface area contributed by atoms with E-state index in [1.807, 2.05) is 0 Å². The summed E-state index contributed by atoms with van der Waals surface area (Å²) in [5.74, 6) is -0.648. The maximum absolute atomic E-state index is 13.4. The van der Waals surface area contributed by atoms with Gasteiger partial charge in [0.1, 0.15) is 16.7 Å². The first-order valence-electron chi connectivity index (χ1n) is 12.2. The molecule has 0 saturated heterocycles. The SMILES string of the molecule is CCCC(CCCC(=O)[C@H](Cc1ccc(F)cc1)NC(=O)c1cc2cc(Cl)ncc2[nH]1)CNC(C)=O. The monoisotopic (exact) mass is 514 g/mol. The number of nitrogens with one attached hydrogen (secondary N) is 3. The number of Topliss-reactive ketones (excluding diaryl/α,β-unsaturated/α-hetero) is 1. The average molecular weight is 515 g/mol. The van der Waals surface area contributed by atoms with Gasteiger partial charge in [0.2, 0.25) is 5.91 Å². The van der Waals surface area contributed by atoms with Crippen LogP contribution >= 0.6 is 11.6 Å². The van der Waals surface area contributed by atoms with Crippen molar-refractivity contribution in [2.75, 3.05) is 6.54 Å². The number of nitrogens with zero attached hydrogens (tertiary/aromatic N) is 1. The fourth-order valence-electron chi connectivity index (χ4n) is 4.25. The number of H-pyrrole nitrogens is 1. The second-order valence-electron chi connectivity index (χ2n) is 9.08. The highest BCUT2D eigenvalue weighted by Crippen LogP contribution is 2.19. The number of rotatable bonds is 13. The molecule has 7 nitrogen and oxygen atoms in total. The second kappa shape index (κ2) is 13.2. The maximum atomic E-state index is 13.4. The smallest absolute Gasteiger partial charge is 0.268 e. The Morgan fingerprint density at radius 2 is 1.89 bits per heavy atom. The molecule has 0 spiro atoms. The highest BCUT2D eigenvalue weighted by atomic mass is 35.5. The van der Waals surface area contributed by atoms with E-state index in [2.05, 4.69) is 27.5 Å². The predicted octanol–water partition coefficient (Wildman–Crippen LogP) is 4.99. The summed E-state index contributed by atoms with van der Waals surface area (Å²) in [5.41, 5.74) is 1.70. The summed E-state index contributed by atoms with van der Waals surface area (Å²) < 4.78 is 13.4. The maximum Gasteiger partial charge on any atom is 0.268 e. The highest BCUT2D eigenvalue weighted by Gasteiger charge is 2.23. The summed E-state index contributed by atoms with van der Waals surface area (Å²) in [7, 11) is 0. The fourth-order valence-corrected chi connectivity index (χ4v) is 4.41. The van der Waals surface area contributed by atoms with Crippen LogP contribution in [0.2, 0.25) is 5.15 Å². The molecule has 0 bridgehead atoms. The standard InChI is InChI=1S/C27H32ClFN4O3/c1-3-5-19(15-30-17(2)34)6-4-7-25(35)22(12-18-8-10-21(29)11-9-18)33-27(36)23-13-20-14-26(28)31-16-24(20)32-23/h8-11,13-14,16,19,22,32H,3-7,12,15H2,1-2H3,(H,30,34)(H,33,36)/t19?,22-/m0/s1. The molecule has 1 aromatic carbocycles. The van der Waals surface area contributed by atoms with Crippen LogP contribution in [0, 0.1) is 11.7 Å². The van der Waals surface area contributed by atoms with Crippen LogP contribution in [-0.2, 0) is 16.0 Å². The van der Waals surface area contributed by atoms with E-state index in [4.69, 9.17) is 11.6 Å². The van der Waals surface area contributed by atoms with Crippen LogP contribution in [0.25, 0.3) is 10.9 Å². The van der Waals surface area contributed by atoms with E-state index >= 15 is 0 Å². The van der Waals surface area contributed by atoms with E-state index in [1.165, 1.54) is 19.1 Å². The number of pyridine rings is 1. The number of benzene rings is 1. The number of hydrogen-bond acceptors (Lipinski definition) is 4. The number of halogens is 2. The van der Waals surface area contributed by atoms with Gasteiger partial charge in [-0.05, 0) is 61.4 Å². The van der Waals surface area contributed by atoms with Gasteiger partial charge in [-0.1, -0.05) is 37.1 Å². The Morgan fingerprint density at radius 3 is 2.58 bits per heavy atom. The molecule has 36 heavy (non-hydrogen) atoms. The molecule has 0 aliphatic carbocycles. The Bertz CT molecular complexity index is 1200. The number of carbonyl (C=O) groups is 3. The molecule has 0 radical (unpaired) electrons. The lowest BCUT2D eigenvalue weighted by molar-refractivity contribution is -0.121. The molecule has 3 N–H and O–H groups in total. The van der Waals surface area contributed by atoms with Crippen LogP contribution in [-0.4, -0.2) is 40.2 Å². The van der Waals surface area contributed by atoms with Crippen LogP contribution in [0.5, 0.6) is 0 Å². The molecular formula is C27H32ClFN4O3. The lowest BCUT2D eigenvalue weighted by Crippen LogP contribution is -2.42. The van der Waals surface area contributed by atoms with E-state index in [1.54, 1.807) is 30.5 Å². The van der Waals surface area contributed by atoms with Crippen molar-refractivity contribution in [1.29, 1.82) is 0 Å². The fraction of sp³-hybridized carbons (Fsp3) is 0.407. The molecule has 3 aromatic rings. The van der Waals surface area contributed by atoms with Crippen molar-refractivity contribution in [2.45, 2.75) is 58.4 Å². The Kier molecular flexibility index (Phi) is 9.99. The van der Waals surface area contributed by atoms with Gasteiger partial charge in [-0.25, -0.2) is 9.37 Å². The molecule has 0 fully saturated rings. The summed E-state index contributed by atoms with van der Waals surface area (Å²) >= 11 is 5.94. The number of amides is 2. The normalized spacial score (nSPS) is 12.8. The predicted molar refractivity (Wildman–Crippen MR) is 138 cm³/mol. The van der Waals surface area contributed by atoms with Gasteiger partial charge >= 0.3 is 0 Å². The summed E-state index contributed by atoms with van der Waals surface area (Å²) in [6.07, 6.45) is 5.49. The molecule has 3 rings (SSSR count). The quantitative estimate of drug-likeness (QED) is 0.279. The van der Waals surface area contributed by atoms with Crippen molar-refractivity contribution in [3.8, 4) is 0 Å². The van der Waals surface area contributed by atoms with Gasteiger partial charge in [-0.15, -0.1) is 0 Å². The van der Waals surface area contributed by atoms with Gasteiger partial charge in [0.25, 0.3) is 5.91 Å². The Labute approximate surface area is 215 Å². The number of aromatic amines is 1. The largest absolute Gasteiger partial charge is 0.356 e. The van der Waals surface area contributed by atoms with Crippen molar-refractivity contribution < 1.29 is 18.8 Å². The Morgan fingerprint density at radius 1 is 1.14 bits per heavy atom. The van der Waals surface area contributed by atoms with Crippen molar-refractivity contribution >= 4 is 40.1 Å². The minimum atomic E-state index is -0.768. The second-order valence-corrected chi connectivity index (χ2v) is 9.47. The molecule has 0 saturated carbocycles. The molecule has 2 aromatic heterocycles. The van der Waals surface area contributed by atoms with E-state index in [-0.39, 0.29) is 23.9 Å². The van der Waals surface area contributed by atoms with Gasteiger partial charge in [0, 0.05) is 25.3 Å². The number of ketones is 1. The molecule has 2 amide bonds. The molecule has 0 aliphatic heterocycles. The molecule has 0 aliphatic rings. The van der Waals surface area contributed by atoms with Crippen LogP contribution in [0.3, 0.4) is 0 Å². The van der Waals surface area contributed by atoms with E-state index in [9.17, 15) is 18.8 Å². The first-order valence-corrected chi connectivity index (χ1v) is 12.6. The molecule has 192 valence electrons. The zero-order valence-corrected chi connectivity index (χ0v) is 21.3. The average Bonchev–Trinajstić information content (AvgIpc) is 3.26. The summed E-state index contributed by atoms with van der Waals surface area (Å²) in [4.78, 5) is 44.5. The van der Waals surface area contributed by atoms with Crippen molar-refractivity contribution in [1.82, 2.24) is 20.6 Å². The van der Waals surface area contributed by atoms with Gasteiger partial charge in [-0.2, -0.15) is 0 Å². The first kappa shape index (κ1) is 27.3. The van der Waals surface area contributed by atoms with Crippen LogP contribution < -0.4 is 10.6 Å². The number of carbonyl (C=O) groups excluding carboxylic acids is 3. The zero-order chi connectivity index (χ0) is 26.1. The lowest BCUT2D eigenvalue weighted by Gasteiger charge is -2.19. The van der Waals surface area contributed by atoms with Crippen molar-refractivity contribution in [2.24, 2.45) is 5.92 Å². The van der Waals surface area contributed by atoms with Crippen LogP contribution in [0.1, 0.15) is 62.0 Å². The minimum absolute atomic E-state index is 0.0655. The van der Waals surface area contributed by atoms with Gasteiger partial charge in [0.15, 0.2) is 5.78 Å². The number of aromatic nitrogens is 2. The number of fused-ring (bicyclic) bond motifs is 1. The molecule has 2 heterocycles. The van der Waals surface area contributed by atoms with Gasteiger partial charge < -0.3 is 15.6 Å². The lowest BCUT2D eigenvalue weighted by atomic mass is 9.93. The number of hydrogen-bond donors (Lipinski definition) is 3. The van der Waals surface area contributed by atoms with E-state index < -0.39 is 11.9 Å². The Balaban J connectivity index is 1.68. The highest BCUT2D eigenvalue weighted by molar-refractivity contribution is 6.30. The zero-order valence-electron chi connectivity index (χ0n) is 20.6. The van der Waals surface area contributed by atoms with Crippen molar-refractivity contribution in [3.05, 3.63) is 64.8 Å². The van der Waals surface area contributed by atoms with Gasteiger partial charge in [-0.3, -0.25) is 14.4 Å². The van der Waals surface area contributed by atoms with Crippen molar-refractivity contribution in [3.63, 3.8) is 0 Å². The third-order valence-corrected chi connectivity index (χ3v) is 6.34. The van der Waals surface area contributed by atoms with Crippen LogP contribution in [0.4, 0.5) is 4.39 Å². The van der Waals surface area contributed by atoms with Gasteiger partial charge in [0.05, 0.1) is 17.8 Å². The molecule has 9 heteroatoms. The van der Waals surface area contributed by atoms with Crippen LogP contribution in [0.15, 0.2) is 42.6 Å². The summed E-state index contributed by atoms with van der Waals surface area (Å²) in [5, 5.41) is 6.77. The molecule has 1 unspecified atom stereocenters. The molecular weight excluding hydrogens is 483 g/mol. The summed E-state index contributed by atoms with van der Waals surface area (Å²) in [6, 6.07) is 8.45.